The Kier molecular flexibility index (Phi) is 4.32. The highest BCUT2D eigenvalue weighted by molar-refractivity contribution is 5.59. The van der Waals surface area contributed by atoms with Crippen LogP contribution in [0.2, 0.25) is 0 Å². The molecule has 0 aliphatic carbocycles. The van der Waals surface area contributed by atoms with Crippen molar-refractivity contribution in [2.45, 2.75) is 13.1 Å². The van der Waals surface area contributed by atoms with E-state index in [1.807, 2.05) is 25.2 Å². The van der Waals surface area contributed by atoms with Crippen molar-refractivity contribution in [3.05, 3.63) is 69.8 Å². The third-order valence-electron chi connectivity index (χ3n) is 3.04. The van der Waals surface area contributed by atoms with Crippen LogP contribution < -0.4 is 5.73 Å². The summed E-state index contributed by atoms with van der Waals surface area (Å²) in [5.41, 5.74) is 8.05. The zero-order valence-electron chi connectivity index (χ0n) is 11.3. The average Bonchev–Trinajstić information content (AvgIpc) is 2.39. The maximum Gasteiger partial charge on any atom is 0.292 e. The van der Waals surface area contributed by atoms with Gasteiger partial charge < -0.3 is 5.73 Å². The molecule has 0 radical (unpaired) electrons. The van der Waals surface area contributed by atoms with Gasteiger partial charge in [-0.2, -0.15) is 0 Å². The number of nitrogens with zero attached hydrogens (tertiary/aromatic N) is 2. The lowest BCUT2D eigenvalue weighted by atomic mass is 10.1. The summed E-state index contributed by atoms with van der Waals surface area (Å²) in [7, 11) is 2.00. The third kappa shape index (κ3) is 3.55. The zero-order chi connectivity index (χ0) is 14.5. The lowest BCUT2D eigenvalue weighted by molar-refractivity contribution is -0.383. The van der Waals surface area contributed by atoms with Crippen LogP contribution in [-0.2, 0) is 13.1 Å². The minimum Gasteiger partial charge on any atom is -0.393 e. The van der Waals surface area contributed by atoms with Crippen LogP contribution in [-0.4, -0.2) is 16.9 Å². The highest BCUT2D eigenvalue weighted by atomic mass is 16.6. The highest BCUT2D eigenvalue weighted by Crippen LogP contribution is 2.22. The first-order chi connectivity index (χ1) is 9.56. The molecule has 0 amide bonds. The molecule has 0 atom stereocenters. The largest absolute Gasteiger partial charge is 0.393 e. The first-order valence-corrected chi connectivity index (χ1v) is 6.31. The molecule has 0 aromatic heterocycles. The van der Waals surface area contributed by atoms with Gasteiger partial charge in [0.15, 0.2) is 0 Å². The number of benzene rings is 2. The number of nitro benzene ring substituents is 1. The van der Waals surface area contributed by atoms with E-state index in [2.05, 4.69) is 17.0 Å². The van der Waals surface area contributed by atoms with Gasteiger partial charge in [0.1, 0.15) is 5.69 Å². The average molecular weight is 271 g/mol. The van der Waals surface area contributed by atoms with Crippen molar-refractivity contribution >= 4 is 11.4 Å². The Morgan fingerprint density at radius 3 is 2.35 bits per heavy atom. The summed E-state index contributed by atoms with van der Waals surface area (Å²) in [4.78, 5) is 12.4. The third-order valence-corrected chi connectivity index (χ3v) is 3.04. The minimum absolute atomic E-state index is 0.0422. The summed E-state index contributed by atoms with van der Waals surface area (Å²) in [6, 6.07) is 15.0. The van der Waals surface area contributed by atoms with Crippen molar-refractivity contribution in [2.75, 3.05) is 12.8 Å². The molecule has 2 rings (SSSR count). The van der Waals surface area contributed by atoms with Crippen LogP contribution in [0.15, 0.2) is 48.5 Å². The maximum absolute atomic E-state index is 10.7. The van der Waals surface area contributed by atoms with Crippen LogP contribution in [0, 0.1) is 10.1 Å². The van der Waals surface area contributed by atoms with Gasteiger partial charge in [-0.3, -0.25) is 15.0 Å². The maximum atomic E-state index is 10.7. The second kappa shape index (κ2) is 6.16. The van der Waals surface area contributed by atoms with Gasteiger partial charge in [0.2, 0.25) is 0 Å². The molecular weight excluding hydrogens is 254 g/mol. The first-order valence-electron chi connectivity index (χ1n) is 6.31. The summed E-state index contributed by atoms with van der Waals surface area (Å²) in [6.45, 7) is 1.51. The summed E-state index contributed by atoms with van der Waals surface area (Å²) in [5, 5.41) is 10.7. The van der Waals surface area contributed by atoms with Gasteiger partial charge in [-0.15, -0.1) is 0 Å². The van der Waals surface area contributed by atoms with E-state index in [-0.39, 0.29) is 11.4 Å². The van der Waals surface area contributed by atoms with Gasteiger partial charge in [-0.25, -0.2) is 0 Å². The quantitative estimate of drug-likeness (QED) is 0.515. The Labute approximate surface area is 117 Å². The van der Waals surface area contributed by atoms with E-state index in [1.54, 1.807) is 12.1 Å². The Morgan fingerprint density at radius 1 is 1.10 bits per heavy atom. The van der Waals surface area contributed by atoms with E-state index in [9.17, 15) is 10.1 Å². The van der Waals surface area contributed by atoms with Crippen LogP contribution in [0.4, 0.5) is 11.4 Å². The molecule has 0 aliphatic heterocycles. The summed E-state index contributed by atoms with van der Waals surface area (Å²) >= 11 is 0. The normalized spacial score (nSPS) is 10.7. The van der Waals surface area contributed by atoms with E-state index < -0.39 is 4.92 Å². The number of anilines is 1. The molecule has 104 valence electrons. The molecule has 20 heavy (non-hydrogen) atoms. The number of nitrogens with two attached hydrogens (primary N) is 1. The predicted molar refractivity (Wildman–Crippen MR) is 79.1 cm³/mol. The number of nitrogen functional groups attached to an aromatic ring is 1. The smallest absolute Gasteiger partial charge is 0.292 e. The zero-order valence-corrected chi connectivity index (χ0v) is 11.3. The van der Waals surface area contributed by atoms with Crippen LogP contribution in [0.3, 0.4) is 0 Å². The lowest BCUT2D eigenvalue weighted by Gasteiger charge is -2.17. The first kappa shape index (κ1) is 14.0. The van der Waals surface area contributed by atoms with Crippen molar-refractivity contribution in [3.63, 3.8) is 0 Å². The van der Waals surface area contributed by atoms with Gasteiger partial charge in [-0.1, -0.05) is 36.4 Å². The Morgan fingerprint density at radius 2 is 1.75 bits per heavy atom. The molecule has 0 spiro atoms. The Balaban J connectivity index is 2.03. The highest BCUT2D eigenvalue weighted by Gasteiger charge is 2.11. The molecule has 0 heterocycles. The van der Waals surface area contributed by atoms with Crippen molar-refractivity contribution in [1.29, 1.82) is 0 Å². The van der Waals surface area contributed by atoms with Crippen molar-refractivity contribution in [1.82, 2.24) is 4.90 Å². The van der Waals surface area contributed by atoms with E-state index in [4.69, 9.17) is 5.73 Å². The molecule has 0 aliphatic rings. The molecule has 0 unspecified atom stereocenters. The van der Waals surface area contributed by atoms with Crippen molar-refractivity contribution in [3.8, 4) is 0 Å². The predicted octanol–water partition coefficient (Wildman–Crippen LogP) is 2.81. The van der Waals surface area contributed by atoms with Crippen LogP contribution in [0.5, 0.6) is 0 Å². The molecule has 0 saturated heterocycles. The standard InChI is InChI=1S/C15H17N3O2/c1-17(10-12-5-3-2-4-6-12)11-13-7-8-15(18(19)20)14(16)9-13/h2-9H,10-11,16H2,1H3. The fourth-order valence-electron chi connectivity index (χ4n) is 2.13. The topological polar surface area (TPSA) is 72.4 Å². The summed E-state index contributed by atoms with van der Waals surface area (Å²) < 4.78 is 0. The molecule has 0 saturated carbocycles. The SMILES string of the molecule is CN(Cc1ccccc1)Cc1ccc([N+](=O)[O-])c(N)c1. The van der Waals surface area contributed by atoms with Crippen molar-refractivity contribution < 1.29 is 4.92 Å². The van der Waals surface area contributed by atoms with Crippen LogP contribution >= 0.6 is 0 Å². The summed E-state index contributed by atoms with van der Waals surface area (Å²) in [6.07, 6.45) is 0. The number of hydrogen-bond acceptors (Lipinski definition) is 4. The Hall–Kier alpha value is -2.40. The Bertz CT molecular complexity index is 599. The van der Waals surface area contributed by atoms with Gasteiger partial charge in [-0.05, 0) is 24.2 Å². The summed E-state index contributed by atoms with van der Waals surface area (Å²) in [5.74, 6) is 0. The van der Waals surface area contributed by atoms with E-state index >= 15 is 0 Å². The molecule has 0 fully saturated rings. The number of rotatable bonds is 5. The molecule has 2 N–H and O–H groups in total. The van der Waals surface area contributed by atoms with Gasteiger partial charge in [0, 0.05) is 19.2 Å². The van der Waals surface area contributed by atoms with E-state index in [0.717, 1.165) is 12.1 Å². The lowest BCUT2D eigenvalue weighted by Crippen LogP contribution is -2.17. The fourth-order valence-corrected chi connectivity index (χ4v) is 2.13. The molecule has 2 aromatic carbocycles. The van der Waals surface area contributed by atoms with Gasteiger partial charge >= 0.3 is 0 Å². The van der Waals surface area contributed by atoms with E-state index in [1.165, 1.54) is 11.6 Å². The molecule has 5 nitrogen and oxygen atoms in total. The van der Waals surface area contributed by atoms with Crippen LogP contribution in [0.25, 0.3) is 0 Å². The fraction of sp³-hybridized carbons (Fsp3) is 0.200. The second-order valence-corrected chi connectivity index (χ2v) is 4.81. The molecular formula is C15H17N3O2. The van der Waals surface area contributed by atoms with Gasteiger partial charge in [0.25, 0.3) is 5.69 Å². The second-order valence-electron chi connectivity index (χ2n) is 4.81. The minimum atomic E-state index is -0.465. The monoisotopic (exact) mass is 271 g/mol. The molecule has 0 bridgehead atoms. The van der Waals surface area contributed by atoms with E-state index in [0.29, 0.717) is 6.54 Å². The van der Waals surface area contributed by atoms with Crippen LogP contribution in [0.1, 0.15) is 11.1 Å². The molecule has 2 aromatic rings. The van der Waals surface area contributed by atoms with Crippen molar-refractivity contribution in [2.24, 2.45) is 0 Å². The van der Waals surface area contributed by atoms with Gasteiger partial charge in [0.05, 0.1) is 4.92 Å². The molecule has 5 heteroatoms. The number of nitro groups is 1. The number of hydrogen-bond donors (Lipinski definition) is 1.